The van der Waals surface area contributed by atoms with E-state index in [1.54, 1.807) is 19.5 Å². The van der Waals surface area contributed by atoms with Crippen molar-refractivity contribution in [2.45, 2.75) is 46.6 Å². The highest BCUT2D eigenvalue weighted by molar-refractivity contribution is 5.74. The number of methoxy groups -OCH3 is 1. The minimum absolute atomic E-state index is 0.0957. The summed E-state index contributed by atoms with van der Waals surface area (Å²) in [4.78, 5) is 8.58. The highest BCUT2D eigenvalue weighted by Crippen LogP contribution is 2.16. The van der Waals surface area contributed by atoms with Crippen LogP contribution in [0.3, 0.4) is 0 Å². The van der Waals surface area contributed by atoms with Crippen LogP contribution < -0.4 is 10.6 Å². The van der Waals surface area contributed by atoms with Crippen molar-refractivity contribution in [2.24, 2.45) is 0 Å². The van der Waals surface area contributed by atoms with E-state index in [2.05, 4.69) is 27.5 Å². The quantitative estimate of drug-likeness (QED) is 0.451. The largest absolute Gasteiger partial charge is 0.503 e. The molecule has 6 nitrogen and oxygen atoms in total. The number of aliphatic hydroxyl groups is 1. The van der Waals surface area contributed by atoms with Crippen LogP contribution in [0, 0.1) is 0 Å². The number of aliphatic hydroxyl groups excluding tert-OH is 1. The highest BCUT2D eigenvalue weighted by atomic mass is 16.5. The van der Waals surface area contributed by atoms with Crippen molar-refractivity contribution >= 4 is 11.0 Å². The lowest BCUT2D eigenvalue weighted by molar-refractivity contribution is 0.269. The number of ether oxygens (including phenoxy) is 1. The van der Waals surface area contributed by atoms with E-state index in [9.17, 15) is 5.11 Å². The Morgan fingerprint density at radius 1 is 1.20 bits per heavy atom. The first-order valence-electron chi connectivity index (χ1n) is 10.5. The van der Waals surface area contributed by atoms with Gasteiger partial charge in [-0.25, -0.2) is 0 Å². The van der Waals surface area contributed by atoms with Crippen LogP contribution in [0.5, 0.6) is 0 Å². The van der Waals surface area contributed by atoms with Gasteiger partial charge in [0.05, 0.1) is 23.8 Å². The van der Waals surface area contributed by atoms with E-state index in [4.69, 9.17) is 4.74 Å². The van der Waals surface area contributed by atoms with Crippen LogP contribution in [0.1, 0.15) is 45.6 Å². The first-order valence-corrected chi connectivity index (χ1v) is 10.5. The molecule has 0 bridgehead atoms. The molecule has 0 amide bonds. The Balaban J connectivity index is 0.000000558. The molecule has 0 unspecified atom stereocenters. The lowest BCUT2D eigenvalue weighted by Crippen LogP contribution is -2.16. The zero-order valence-corrected chi connectivity index (χ0v) is 18.5. The highest BCUT2D eigenvalue weighted by Gasteiger charge is 2.10. The third kappa shape index (κ3) is 7.19. The Morgan fingerprint density at radius 3 is 2.47 bits per heavy atom. The lowest BCUT2D eigenvalue weighted by atomic mass is 10.1. The number of aromatic nitrogens is 2. The maximum atomic E-state index is 10.5. The van der Waals surface area contributed by atoms with Gasteiger partial charge in [0, 0.05) is 18.9 Å². The summed E-state index contributed by atoms with van der Waals surface area (Å²) in [6, 6.07) is 5.93. The number of fused-ring (bicyclic) bond motifs is 1. The van der Waals surface area contributed by atoms with Gasteiger partial charge >= 0.3 is 0 Å². The van der Waals surface area contributed by atoms with Crippen LogP contribution in [0.15, 0.2) is 65.5 Å². The SMILES string of the molecule is C1CCNC1.C\C=C(NCc1ccc2nccnc2c1)/C(O)=C(\C=C(/C)CC)OC. The average molecular weight is 411 g/mol. The molecule has 1 fully saturated rings. The number of rotatable bonds is 7. The van der Waals surface area contributed by atoms with Gasteiger partial charge in [0.25, 0.3) is 0 Å². The monoisotopic (exact) mass is 410 g/mol. The second-order valence-corrected chi connectivity index (χ2v) is 7.15. The lowest BCUT2D eigenvalue weighted by Gasteiger charge is -2.13. The molecule has 0 radical (unpaired) electrons. The summed E-state index contributed by atoms with van der Waals surface area (Å²) >= 11 is 0. The van der Waals surface area contributed by atoms with Crippen molar-refractivity contribution in [3.05, 3.63) is 71.1 Å². The summed E-state index contributed by atoms with van der Waals surface area (Å²) in [5.74, 6) is 0.544. The molecule has 2 aromatic rings. The molecule has 1 aromatic carbocycles. The van der Waals surface area contributed by atoms with Crippen LogP contribution in [-0.2, 0) is 11.3 Å². The average Bonchev–Trinajstić information content (AvgIpc) is 3.37. The molecule has 6 heteroatoms. The Kier molecular flexibility index (Phi) is 9.87. The molecule has 0 spiro atoms. The topological polar surface area (TPSA) is 79.3 Å². The van der Waals surface area contributed by atoms with Crippen molar-refractivity contribution in [1.82, 2.24) is 20.6 Å². The number of nitrogens with zero attached hydrogens (tertiary/aromatic N) is 2. The number of nitrogens with one attached hydrogen (secondary N) is 2. The molecule has 30 heavy (non-hydrogen) atoms. The smallest absolute Gasteiger partial charge is 0.181 e. The number of hydrogen-bond acceptors (Lipinski definition) is 6. The van der Waals surface area contributed by atoms with Gasteiger partial charge in [0.2, 0.25) is 0 Å². The molecule has 0 saturated carbocycles. The molecule has 0 aliphatic carbocycles. The van der Waals surface area contributed by atoms with Crippen LogP contribution in [0.25, 0.3) is 11.0 Å². The van der Waals surface area contributed by atoms with Crippen LogP contribution >= 0.6 is 0 Å². The van der Waals surface area contributed by atoms with Crippen molar-refractivity contribution < 1.29 is 9.84 Å². The van der Waals surface area contributed by atoms with E-state index in [-0.39, 0.29) is 5.76 Å². The van der Waals surface area contributed by atoms with Gasteiger partial charge in [-0.05, 0) is 70.0 Å². The summed E-state index contributed by atoms with van der Waals surface area (Å²) in [5.41, 5.74) is 4.52. The minimum Gasteiger partial charge on any atom is -0.503 e. The summed E-state index contributed by atoms with van der Waals surface area (Å²) in [5, 5.41) is 17.0. The molecule has 162 valence electrons. The normalized spacial score (nSPS) is 15.3. The van der Waals surface area contributed by atoms with Crippen LogP contribution in [0.2, 0.25) is 0 Å². The zero-order valence-electron chi connectivity index (χ0n) is 18.5. The number of hydrogen-bond donors (Lipinski definition) is 3. The van der Waals surface area contributed by atoms with Crippen LogP contribution in [0.4, 0.5) is 0 Å². The van der Waals surface area contributed by atoms with Gasteiger partial charge in [-0.15, -0.1) is 0 Å². The zero-order chi connectivity index (χ0) is 21.8. The molecule has 2 heterocycles. The molecule has 1 aliphatic heterocycles. The first kappa shape index (κ1) is 23.4. The fourth-order valence-corrected chi connectivity index (χ4v) is 2.95. The predicted octanol–water partition coefficient (Wildman–Crippen LogP) is 4.77. The van der Waals surface area contributed by atoms with Crippen molar-refractivity contribution in [2.75, 3.05) is 20.2 Å². The third-order valence-electron chi connectivity index (χ3n) is 4.91. The van der Waals surface area contributed by atoms with E-state index in [1.165, 1.54) is 25.9 Å². The number of allylic oxidation sites excluding steroid dienone is 3. The Morgan fingerprint density at radius 2 is 1.90 bits per heavy atom. The van der Waals surface area contributed by atoms with E-state index in [1.807, 2.05) is 44.2 Å². The number of benzene rings is 1. The Labute approximate surface area is 179 Å². The summed E-state index contributed by atoms with van der Waals surface area (Å²) in [7, 11) is 1.56. The van der Waals surface area contributed by atoms with Gasteiger partial charge in [-0.3, -0.25) is 9.97 Å². The standard InChI is InChI=1S/C20H25N3O2.C4H9N/c1-5-14(3)11-19(25-4)20(24)16(6-2)23-13-15-7-8-17-18(12-15)22-10-9-21-17;1-2-4-5-3-1/h6-12,23-24H,5,13H2,1-4H3;5H,1-4H2/b14-11+,16-6+,20-19-;. The third-order valence-corrected chi connectivity index (χ3v) is 4.91. The molecule has 1 saturated heterocycles. The van der Waals surface area contributed by atoms with Gasteiger partial charge in [0.15, 0.2) is 11.5 Å². The maximum absolute atomic E-state index is 10.5. The first-order chi connectivity index (χ1) is 14.6. The van der Waals surface area contributed by atoms with Crippen LogP contribution in [-0.4, -0.2) is 35.3 Å². The predicted molar refractivity (Wildman–Crippen MR) is 123 cm³/mol. The van der Waals surface area contributed by atoms with Crippen molar-refractivity contribution in [3.63, 3.8) is 0 Å². The van der Waals surface area contributed by atoms with Gasteiger partial charge in [-0.1, -0.05) is 24.6 Å². The second-order valence-electron chi connectivity index (χ2n) is 7.15. The van der Waals surface area contributed by atoms with Crippen molar-refractivity contribution in [3.8, 4) is 0 Å². The minimum atomic E-state index is 0.0957. The van der Waals surface area contributed by atoms with Gasteiger partial charge < -0.3 is 20.5 Å². The maximum Gasteiger partial charge on any atom is 0.181 e. The molecular weight excluding hydrogens is 376 g/mol. The van der Waals surface area contributed by atoms with E-state index in [0.717, 1.165) is 28.6 Å². The fourth-order valence-electron chi connectivity index (χ4n) is 2.95. The van der Waals surface area contributed by atoms with E-state index >= 15 is 0 Å². The van der Waals surface area contributed by atoms with Crippen molar-refractivity contribution in [1.29, 1.82) is 0 Å². The van der Waals surface area contributed by atoms with E-state index in [0.29, 0.717) is 18.0 Å². The van der Waals surface area contributed by atoms with E-state index < -0.39 is 0 Å². The Bertz CT molecular complexity index is 891. The molecule has 0 atom stereocenters. The van der Waals surface area contributed by atoms with Gasteiger partial charge in [-0.2, -0.15) is 0 Å². The molecule has 3 N–H and O–H groups in total. The molecule has 1 aromatic heterocycles. The summed E-state index contributed by atoms with van der Waals surface area (Å²) in [6.45, 7) is 9.00. The summed E-state index contributed by atoms with van der Waals surface area (Å²) in [6.07, 6.45) is 10.7. The van der Waals surface area contributed by atoms with Gasteiger partial charge in [0.1, 0.15) is 0 Å². The summed E-state index contributed by atoms with van der Waals surface area (Å²) < 4.78 is 5.33. The molecule has 1 aliphatic rings. The Hall–Kier alpha value is -2.86. The second kappa shape index (κ2) is 12.6. The molecular formula is C24H34N4O2. The fraction of sp³-hybridized carbons (Fsp3) is 0.417. The molecule has 3 rings (SSSR count).